The number of Topliss-reactive ketones (excluding diaryl/α,β-unsaturated/α-hetero) is 1. The Labute approximate surface area is 251 Å². The number of ketones is 1. The fraction of sp³-hybridized carbons (Fsp3) is 0.0750. The number of methoxy groups -OCH3 is 1. The summed E-state index contributed by atoms with van der Waals surface area (Å²) in [5, 5.41) is 8.79. The highest BCUT2D eigenvalue weighted by Crippen LogP contribution is 2.49. The highest BCUT2D eigenvalue weighted by molar-refractivity contribution is 6.31. The maximum Gasteiger partial charge on any atom is 0.163 e. The fourth-order valence-electron chi connectivity index (χ4n) is 6.49. The van der Waals surface area contributed by atoms with Gasteiger partial charge in [-0.15, -0.1) is 0 Å². The average molecular weight is 558 g/mol. The lowest BCUT2D eigenvalue weighted by Gasteiger charge is -2.31. The maximum atomic E-state index is 13.2. The quantitative estimate of drug-likeness (QED) is 0.116. The van der Waals surface area contributed by atoms with Gasteiger partial charge in [-0.05, 0) is 47.5 Å². The zero-order chi connectivity index (χ0) is 29.5. The minimum Gasteiger partial charge on any atom is -0.501 e. The number of hydrogen-bond acceptors (Lipinski definition) is 3. The van der Waals surface area contributed by atoms with Gasteiger partial charge in [-0.1, -0.05) is 121 Å². The second-order valence-electron chi connectivity index (χ2n) is 10.8. The van der Waals surface area contributed by atoms with E-state index in [-0.39, 0.29) is 5.78 Å². The van der Waals surface area contributed by atoms with Gasteiger partial charge in [0.1, 0.15) is 5.76 Å². The van der Waals surface area contributed by atoms with Crippen LogP contribution in [0.1, 0.15) is 19.4 Å². The summed E-state index contributed by atoms with van der Waals surface area (Å²) in [4.78, 5) is 15.7. The molecule has 0 saturated carbocycles. The summed E-state index contributed by atoms with van der Waals surface area (Å²) in [6, 6.07) is 46.9. The van der Waals surface area contributed by atoms with Crippen LogP contribution in [0.15, 0.2) is 139 Å². The summed E-state index contributed by atoms with van der Waals surface area (Å²) in [5.41, 5.74) is 4.75. The molecule has 0 aliphatic carbocycles. The van der Waals surface area contributed by atoms with Crippen LogP contribution in [0.5, 0.6) is 0 Å². The molecular formula is C40H31NO2. The zero-order valence-electron chi connectivity index (χ0n) is 24.5. The number of hydrogen-bond donors (Lipinski definition) is 0. The van der Waals surface area contributed by atoms with Crippen LogP contribution in [0.3, 0.4) is 0 Å². The van der Waals surface area contributed by atoms with Crippen LogP contribution >= 0.6 is 0 Å². The van der Waals surface area contributed by atoms with Gasteiger partial charge in [0.15, 0.2) is 5.78 Å². The van der Waals surface area contributed by atoms with Crippen LogP contribution in [0.2, 0.25) is 0 Å². The minimum atomic E-state index is -0.0256. The molecule has 0 N–H and O–H groups in total. The summed E-state index contributed by atoms with van der Waals surface area (Å²) >= 11 is 0. The molecule has 3 nitrogen and oxygen atoms in total. The van der Waals surface area contributed by atoms with Crippen molar-refractivity contribution in [1.29, 1.82) is 0 Å². The van der Waals surface area contributed by atoms with Gasteiger partial charge in [0.2, 0.25) is 0 Å². The molecule has 43 heavy (non-hydrogen) atoms. The van der Waals surface area contributed by atoms with Gasteiger partial charge in [-0.2, -0.15) is 0 Å². The lowest BCUT2D eigenvalue weighted by atomic mass is 9.87. The Hall–Kier alpha value is -5.41. The van der Waals surface area contributed by atoms with Gasteiger partial charge in [0.05, 0.1) is 29.7 Å². The molecule has 3 heteroatoms. The van der Waals surface area contributed by atoms with Crippen molar-refractivity contribution in [3.05, 3.63) is 145 Å². The Bertz CT molecular complexity index is 2080. The molecule has 0 saturated heterocycles. The van der Waals surface area contributed by atoms with Gasteiger partial charge in [-0.3, -0.25) is 4.79 Å². The summed E-state index contributed by atoms with van der Waals surface area (Å²) in [7, 11) is 1.62. The van der Waals surface area contributed by atoms with Crippen LogP contribution in [-0.2, 0) is 9.53 Å². The van der Waals surface area contributed by atoms with Gasteiger partial charge in [0.25, 0.3) is 0 Å². The third kappa shape index (κ3) is 4.33. The van der Waals surface area contributed by atoms with Crippen molar-refractivity contribution in [2.24, 2.45) is 0 Å². The summed E-state index contributed by atoms with van der Waals surface area (Å²) in [5.74, 6) is 0.581. The Morgan fingerprint density at radius 1 is 0.512 bits per heavy atom. The Balaban J connectivity index is 1.71. The van der Waals surface area contributed by atoms with E-state index in [1.165, 1.54) is 10.8 Å². The largest absolute Gasteiger partial charge is 0.501 e. The van der Waals surface area contributed by atoms with E-state index in [0.717, 1.165) is 54.9 Å². The van der Waals surface area contributed by atoms with Gasteiger partial charge < -0.3 is 9.64 Å². The second kappa shape index (κ2) is 10.8. The molecule has 0 aliphatic heterocycles. The summed E-state index contributed by atoms with van der Waals surface area (Å²) < 4.78 is 5.69. The molecule has 0 aromatic heterocycles. The minimum absolute atomic E-state index is 0.0256. The molecule has 0 spiro atoms. The molecular weight excluding hydrogens is 526 g/mol. The third-order valence-electron chi connectivity index (χ3n) is 8.40. The first-order chi connectivity index (χ1) is 21.1. The molecule has 0 unspecified atom stereocenters. The van der Waals surface area contributed by atoms with E-state index in [4.69, 9.17) is 4.74 Å². The Morgan fingerprint density at radius 3 is 1.35 bits per heavy atom. The molecule has 7 rings (SSSR count). The monoisotopic (exact) mass is 557 g/mol. The number of allylic oxidation sites excluding steroid dienone is 2. The standard InChI is InChI=1S/C40H31NO2/c1-26(42)38(27(2)43-3)39-32-20-8-10-22-34(32)40(35-23-11-9-21-33(35)39)41(36-24-12-16-28-14-4-6-18-30(28)36)37-25-13-17-29-15-5-7-19-31(29)37/h4-25H,1-3H3/b38-27+. The predicted octanol–water partition coefficient (Wildman–Crippen LogP) is 10.7. The summed E-state index contributed by atoms with van der Waals surface area (Å²) in [6.45, 7) is 3.49. The van der Waals surface area contributed by atoms with E-state index in [2.05, 4.69) is 126 Å². The number of benzene rings is 7. The molecule has 208 valence electrons. The Morgan fingerprint density at radius 2 is 0.907 bits per heavy atom. The number of nitrogens with zero attached hydrogens (tertiary/aromatic N) is 1. The molecule has 7 aromatic carbocycles. The van der Waals surface area contributed by atoms with Crippen LogP contribution in [0.4, 0.5) is 17.1 Å². The molecule has 7 aromatic rings. The number of carbonyl (C=O) groups is 1. The van der Waals surface area contributed by atoms with Crippen LogP contribution in [0.25, 0.3) is 48.7 Å². The smallest absolute Gasteiger partial charge is 0.163 e. The van der Waals surface area contributed by atoms with Crippen molar-refractivity contribution in [2.75, 3.05) is 12.0 Å². The number of anilines is 3. The van der Waals surface area contributed by atoms with Crippen molar-refractivity contribution in [3.8, 4) is 0 Å². The molecule has 0 fully saturated rings. The zero-order valence-corrected chi connectivity index (χ0v) is 24.5. The van der Waals surface area contributed by atoms with E-state index in [1.807, 2.05) is 19.1 Å². The van der Waals surface area contributed by atoms with Crippen molar-refractivity contribution >= 4 is 71.5 Å². The summed E-state index contributed by atoms with van der Waals surface area (Å²) in [6.07, 6.45) is 0. The maximum absolute atomic E-state index is 13.2. The number of ether oxygens (including phenoxy) is 1. The third-order valence-corrected chi connectivity index (χ3v) is 8.40. The van der Waals surface area contributed by atoms with E-state index in [1.54, 1.807) is 14.0 Å². The first-order valence-corrected chi connectivity index (χ1v) is 14.5. The highest BCUT2D eigenvalue weighted by atomic mass is 16.5. The van der Waals surface area contributed by atoms with Crippen molar-refractivity contribution in [2.45, 2.75) is 13.8 Å². The molecule has 0 heterocycles. The second-order valence-corrected chi connectivity index (χ2v) is 10.8. The van der Waals surface area contributed by atoms with Gasteiger partial charge in [-0.25, -0.2) is 0 Å². The topological polar surface area (TPSA) is 29.5 Å². The SMILES string of the molecule is CO/C(C)=C(\C(C)=O)c1c2ccccc2c(N(c2cccc3ccccc23)c2cccc3ccccc23)c2ccccc12. The number of rotatable bonds is 6. The van der Waals surface area contributed by atoms with Gasteiger partial charge >= 0.3 is 0 Å². The molecule has 0 aliphatic rings. The predicted molar refractivity (Wildman–Crippen MR) is 181 cm³/mol. The fourth-order valence-corrected chi connectivity index (χ4v) is 6.49. The normalized spacial score (nSPS) is 12.1. The van der Waals surface area contributed by atoms with Crippen LogP contribution in [0, 0.1) is 0 Å². The molecule has 0 amide bonds. The molecule has 0 bridgehead atoms. The molecule has 0 atom stereocenters. The van der Waals surface area contributed by atoms with E-state index in [0.29, 0.717) is 11.3 Å². The average Bonchev–Trinajstić information content (AvgIpc) is 3.05. The lowest BCUT2D eigenvalue weighted by Crippen LogP contribution is -2.13. The van der Waals surface area contributed by atoms with E-state index in [9.17, 15) is 4.79 Å². The van der Waals surface area contributed by atoms with Crippen molar-refractivity contribution in [3.63, 3.8) is 0 Å². The van der Waals surface area contributed by atoms with Crippen molar-refractivity contribution < 1.29 is 9.53 Å². The molecule has 0 radical (unpaired) electrons. The van der Waals surface area contributed by atoms with Crippen LogP contribution in [-0.4, -0.2) is 12.9 Å². The van der Waals surface area contributed by atoms with Crippen molar-refractivity contribution in [1.82, 2.24) is 0 Å². The Kier molecular flexibility index (Phi) is 6.64. The number of carbonyl (C=O) groups excluding carboxylic acids is 1. The van der Waals surface area contributed by atoms with Gasteiger partial charge in [0, 0.05) is 27.1 Å². The first-order valence-electron chi connectivity index (χ1n) is 14.5. The van der Waals surface area contributed by atoms with Crippen LogP contribution < -0.4 is 4.90 Å². The number of fused-ring (bicyclic) bond motifs is 4. The van der Waals surface area contributed by atoms with E-state index >= 15 is 0 Å². The highest BCUT2D eigenvalue weighted by Gasteiger charge is 2.26. The first kappa shape index (κ1) is 26.5. The van der Waals surface area contributed by atoms with E-state index < -0.39 is 0 Å². The lowest BCUT2D eigenvalue weighted by molar-refractivity contribution is -0.111.